The molecule has 4 nitrogen and oxygen atoms in total. The van der Waals surface area contributed by atoms with E-state index in [9.17, 15) is 13.2 Å². The molecule has 0 saturated heterocycles. The Balaban J connectivity index is 3.10. The molecule has 1 rings (SSSR count). The normalized spacial score (nSPS) is 11.1. The number of hydrogen-bond acceptors (Lipinski definition) is 5. The van der Waals surface area contributed by atoms with Crippen molar-refractivity contribution in [3.8, 4) is 11.8 Å². The largest absolute Gasteiger partial charge is 0.492 e. The topological polar surface area (TPSA) is 62.3 Å². The number of nitrogens with two attached hydrogens (primary N) is 1. The Morgan fingerprint density at radius 1 is 1.53 bits per heavy atom. The van der Waals surface area contributed by atoms with E-state index in [1.165, 1.54) is 14.2 Å². The highest BCUT2D eigenvalue weighted by Crippen LogP contribution is 2.44. The van der Waals surface area contributed by atoms with Gasteiger partial charge in [-0.2, -0.15) is 18.4 Å². The smallest absolute Gasteiger partial charge is 0.405 e. The SMILES string of the molecule is COc1c(N(C)CC(F)(F)F)sc(C#N)c1N. The summed E-state index contributed by atoms with van der Waals surface area (Å²) >= 11 is 0.874. The molecule has 0 atom stereocenters. The van der Waals surface area contributed by atoms with E-state index in [0.29, 0.717) is 0 Å². The second kappa shape index (κ2) is 4.71. The van der Waals surface area contributed by atoms with Gasteiger partial charge in [0.05, 0.1) is 7.11 Å². The van der Waals surface area contributed by atoms with Crippen LogP contribution in [0.15, 0.2) is 0 Å². The molecule has 0 saturated carbocycles. The van der Waals surface area contributed by atoms with Gasteiger partial charge in [-0.25, -0.2) is 0 Å². The molecule has 0 amide bonds. The highest BCUT2D eigenvalue weighted by atomic mass is 32.1. The molecule has 0 aliphatic carbocycles. The number of hydrogen-bond donors (Lipinski definition) is 1. The Labute approximate surface area is 100.0 Å². The molecule has 0 aliphatic rings. The first kappa shape index (κ1) is 13.4. The molecule has 0 radical (unpaired) electrons. The molecular weight excluding hydrogens is 255 g/mol. The number of anilines is 2. The Morgan fingerprint density at radius 3 is 2.53 bits per heavy atom. The third kappa shape index (κ3) is 2.94. The standard InChI is InChI=1S/C9H10F3N3OS/c1-15(4-9(10,11)12)8-7(16-2)6(14)5(3-13)17-8/h4,14H2,1-2H3. The zero-order chi connectivity index (χ0) is 13.2. The predicted molar refractivity (Wildman–Crippen MR) is 59.3 cm³/mol. The Kier molecular flexibility index (Phi) is 3.72. The third-order valence-electron chi connectivity index (χ3n) is 1.95. The van der Waals surface area contributed by atoms with Crippen molar-refractivity contribution in [2.75, 3.05) is 31.3 Å². The van der Waals surface area contributed by atoms with Crippen molar-refractivity contribution in [2.24, 2.45) is 0 Å². The van der Waals surface area contributed by atoms with E-state index < -0.39 is 12.7 Å². The summed E-state index contributed by atoms with van der Waals surface area (Å²) in [5.41, 5.74) is 5.65. The van der Waals surface area contributed by atoms with Crippen LogP contribution in [0.5, 0.6) is 5.75 Å². The number of rotatable bonds is 3. The van der Waals surface area contributed by atoms with Gasteiger partial charge in [-0.1, -0.05) is 0 Å². The van der Waals surface area contributed by atoms with E-state index in [-0.39, 0.29) is 21.3 Å². The van der Waals surface area contributed by atoms with E-state index in [1.54, 1.807) is 0 Å². The van der Waals surface area contributed by atoms with Crippen LogP contribution in [0.3, 0.4) is 0 Å². The Hall–Kier alpha value is -1.62. The highest BCUT2D eigenvalue weighted by molar-refractivity contribution is 7.17. The summed E-state index contributed by atoms with van der Waals surface area (Å²) in [5, 5.41) is 8.94. The minimum Gasteiger partial charge on any atom is -0.492 e. The van der Waals surface area contributed by atoms with Gasteiger partial charge in [-0.3, -0.25) is 0 Å². The van der Waals surface area contributed by atoms with E-state index in [1.807, 2.05) is 6.07 Å². The summed E-state index contributed by atoms with van der Waals surface area (Å²) in [6.45, 7) is -1.13. The molecule has 17 heavy (non-hydrogen) atoms. The van der Waals surface area contributed by atoms with Crippen molar-refractivity contribution in [3.63, 3.8) is 0 Å². The predicted octanol–water partition coefficient (Wildman–Crippen LogP) is 2.21. The van der Waals surface area contributed by atoms with Gasteiger partial charge in [-0.05, 0) is 0 Å². The number of alkyl halides is 3. The van der Waals surface area contributed by atoms with Gasteiger partial charge in [0.15, 0.2) is 5.75 Å². The van der Waals surface area contributed by atoms with Crippen molar-refractivity contribution < 1.29 is 17.9 Å². The summed E-state index contributed by atoms with van der Waals surface area (Å²) in [6.07, 6.45) is -4.33. The maximum Gasteiger partial charge on any atom is 0.405 e. The van der Waals surface area contributed by atoms with Crippen molar-refractivity contribution in [1.29, 1.82) is 5.26 Å². The number of halogens is 3. The van der Waals surface area contributed by atoms with Crippen LogP contribution in [0.4, 0.5) is 23.9 Å². The van der Waals surface area contributed by atoms with E-state index >= 15 is 0 Å². The molecular formula is C9H10F3N3OS. The summed E-state index contributed by atoms with van der Waals surface area (Å²) in [4.78, 5) is 1.10. The zero-order valence-electron chi connectivity index (χ0n) is 9.13. The monoisotopic (exact) mass is 265 g/mol. The molecule has 0 fully saturated rings. The van der Waals surface area contributed by atoms with E-state index in [4.69, 9.17) is 15.7 Å². The molecule has 0 bridgehead atoms. The zero-order valence-corrected chi connectivity index (χ0v) is 9.95. The molecule has 2 N–H and O–H groups in total. The van der Waals surface area contributed by atoms with Crippen LogP contribution >= 0.6 is 11.3 Å². The van der Waals surface area contributed by atoms with E-state index in [2.05, 4.69) is 0 Å². The van der Waals surface area contributed by atoms with Crippen LogP contribution in [0, 0.1) is 11.3 Å². The number of nitrogen functional groups attached to an aromatic ring is 1. The average molecular weight is 265 g/mol. The fourth-order valence-electron chi connectivity index (χ4n) is 1.29. The van der Waals surface area contributed by atoms with Gasteiger partial charge in [-0.15, -0.1) is 11.3 Å². The highest BCUT2D eigenvalue weighted by Gasteiger charge is 2.32. The summed E-state index contributed by atoms with van der Waals surface area (Å²) in [5.74, 6) is 0.110. The summed E-state index contributed by atoms with van der Waals surface area (Å²) in [6, 6.07) is 1.81. The first-order valence-corrected chi connectivity index (χ1v) is 5.26. The lowest BCUT2D eigenvalue weighted by atomic mass is 10.3. The molecule has 1 aromatic rings. The van der Waals surface area contributed by atoms with E-state index in [0.717, 1.165) is 16.2 Å². The maximum atomic E-state index is 12.2. The second-order valence-corrected chi connectivity index (χ2v) is 4.27. The van der Waals surface area contributed by atoms with Gasteiger partial charge in [0.25, 0.3) is 0 Å². The number of thiophene rings is 1. The lowest BCUT2D eigenvalue weighted by Gasteiger charge is -2.20. The number of nitrogens with zero attached hydrogens (tertiary/aromatic N) is 2. The fourth-order valence-corrected chi connectivity index (χ4v) is 2.24. The quantitative estimate of drug-likeness (QED) is 0.910. The lowest BCUT2D eigenvalue weighted by Crippen LogP contribution is -2.30. The second-order valence-electron chi connectivity index (χ2n) is 3.27. The number of methoxy groups -OCH3 is 1. The van der Waals surface area contributed by atoms with Gasteiger partial charge < -0.3 is 15.4 Å². The molecule has 0 unspecified atom stereocenters. The number of nitriles is 1. The summed E-state index contributed by atoms with van der Waals surface area (Å²) < 4.78 is 41.6. The Morgan fingerprint density at radius 2 is 2.12 bits per heavy atom. The van der Waals surface area contributed by atoms with Crippen LogP contribution in [0.2, 0.25) is 0 Å². The van der Waals surface area contributed by atoms with Gasteiger partial charge >= 0.3 is 6.18 Å². The van der Waals surface area contributed by atoms with Gasteiger partial charge in [0.2, 0.25) is 0 Å². The maximum absolute atomic E-state index is 12.2. The Bertz CT molecular complexity index is 450. The molecule has 94 valence electrons. The average Bonchev–Trinajstić information content (AvgIpc) is 2.52. The number of ether oxygens (including phenoxy) is 1. The first-order chi connectivity index (χ1) is 7.80. The minimum absolute atomic E-state index is 0.0732. The van der Waals surface area contributed by atoms with Crippen molar-refractivity contribution >= 4 is 22.0 Å². The first-order valence-electron chi connectivity index (χ1n) is 4.44. The van der Waals surface area contributed by atoms with Crippen LogP contribution < -0.4 is 15.4 Å². The molecule has 1 heterocycles. The van der Waals surface area contributed by atoms with Gasteiger partial charge in [0, 0.05) is 7.05 Å². The molecule has 0 aromatic carbocycles. The van der Waals surface area contributed by atoms with Crippen LogP contribution in [0.25, 0.3) is 0 Å². The summed E-state index contributed by atoms with van der Waals surface area (Å²) in [7, 11) is 2.56. The molecule has 1 aromatic heterocycles. The molecule has 0 aliphatic heterocycles. The van der Waals surface area contributed by atoms with Crippen molar-refractivity contribution in [3.05, 3.63) is 4.88 Å². The van der Waals surface area contributed by atoms with Crippen molar-refractivity contribution in [2.45, 2.75) is 6.18 Å². The minimum atomic E-state index is -4.33. The third-order valence-corrected chi connectivity index (χ3v) is 3.16. The van der Waals surface area contributed by atoms with Crippen LogP contribution in [-0.4, -0.2) is 26.9 Å². The lowest BCUT2D eigenvalue weighted by molar-refractivity contribution is -0.119. The fraction of sp³-hybridized carbons (Fsp3) is 0.444. The van der Waals surface area contributed by atoms with Crippen molar-refractivity contribution in [1.82, 2.24) is 0 Å². The molecule has 8 heteroatoms. The van der Waals surface area contributed by atoms with Crippen LogP contribution in [-0.2, 0) is 0 Å². The van der Waals surface area contributed by atoms with Crippen LogP contribution in [0.1, 0.15) is 4.88 Å². The molecule has 0 spiro atoms. The van der Waals surface area contributed by atoms with Gasteiger partial charge in [0.1, 0.15) is 28.2 Å².